The molecule has 0 heterocycles. The molecule has 0 saturated carbocycles. The van der Waals surface area contributed by atoms with Crippen molar-refractivity contribution >= 4 is 0 Å². The minimum atomic E-state index is 0.330. The summed E-state index contributed by atoms with van der Waals surface area (Å²) >= 11 is 0. The second-order valence-electron chi connectivity index (χ2n) is 1.85. The van der Waals surface area contributed by atoms with Crippen LogP contribution in [0.15, 0.2) is 0 Å². The molecule has 6 heteroatoms. The van der Waals surface area contributed by atoms with Gasteiger partial charge in [-0.3, -0.25) is 0 Å². The molecule has 0 amide bonds. The van der Waals surface area contributed by atoms with E-state index in [1.807, 2.05) is 0 Å². The van der Waals surface area contributed by atoms with Crippen LogP contribution in [0.25, 0.3) is 0 Å². The van der Waals surface area contributed by atoms with Crippen molar-refractivity contribution in [2.75, 3.05) is 13.2 Å². The molecule has 0 spiro atoms. The zero-order valence-electron chi connectivity index (χ0n) is 6.06. The molecule has 0 aromatic rings. The second kappa shape index (κ2) is 9.76. The smallest absolute Gasteiger partial charge is 0.0853 e. The summed E-state index contributed by atoms with van der Waals surface area (Å²) in [7, 11) is 0. The summed E-state index contributed by atoms with van der Waals surface area (Å²) in [5.74, 6) is 0. The molecule has 0 saturated heterocycles. The number of hydrogen-bond donors (Lipinski definition) is 2. The fourth-order valence-corrected chi connectivity index (χ4v) is 0.573. The first-order valence-electron chi connectivity index (χ1n) is 3.28. The van der Waals surface area contributed by atoms with Crippen molar-refractivity contribution in [1.29, 1.82) is 0 Å². The molecule has 0 aliphatic carbocycles. The molecular weight excluding hydrogens is 156 g/mol. The van der Waals surface area contributed by atoms with Crippen LogP contribution in [-0.2, 0) is 19.9 Å². The van der Waals surface area contributed by atoms with Gasteiger partial charge in [-0.1, -0.05) is 10.1 Å². The summed E-state index contributed by atoms with van der Waals surface area (Å²) in [4.78, 5) is 8.35. The van der Waals surface area contributed by atoms with Crippen molar-refractivity contribution in [3.05, 3.63) is 0 Å². The van der Waals surface area contributed by atoms with Crippen LogP contribution in [0.4, 0.5) is 0 Å². The zero-order chi connectivity index (χ0) is 8.36. The lowest BCUT2D eigenvalue weighted by Crippen LogP contribution is -1.96. The Balaban J connectivity index is 2.69. The van der Waals surface area contributed by atoms with Crippen LogP contribution in [0.1, 0.15) is 19.3 Å². The topological polar surface area (TPSA) is 77.4 Å². The summed E-state index contributed by atoms with van der Waals surface area (Å²) in [6.07, 6.45) is 2.33. The maximum Gasteiger partial charge on any atom is 0.0853 e. The monoisotopic (exact) mass is 168 g/mol. The first-order chi connectivity index (χ1) is 5.41. The van der Waals surface area contributed by atoms with Crippen LogP contribution in [0.5, 0.6) is 0 Å². The minimum Gasteiger partial charge on any atom is -0.221 e. The molecule has 11 heavy (non-hydrogen) atoms. The molecule has 0 unspecified atom stereocenters. The Morgan fingerprint density at radius 1 is 0.727 bits per heavy atom. The van der Waals surface area contributed by atoms with Gasteiger partial charge in [0.2, 0.25) is 0 Å². The van der Waals surface area contributed by atoms with E-state index < -0.39 is 0 Å². The minimum absolute atomic E-state index is 0.330. The molecule has 6 nitrogen and oxygen atoms in total. The highest BCUT2D eigenvalue weighted by Gasteiger charge is 1.90. The van der Waals surface area contributed by atoms with E-state index in [0.717, 1.165) is 19.3 Å². The quantitative estimate of drug-likeness (QED) is 0.320. The second-order valence-corrected chi connectivity index (χ2v) is 1.85. The standard InChI is InChI=1S/C5H12O6/c6-10-8-4-2-1-3-5-9-11-7/h6-7H,1-5H2. The third kappa shape index (κ3) is 9.76. The van der Waals surface area contributed by atoms with Crippen molar-refractivity contribution in [2.24, 2.45) is 0 Å². The van der Waals surface area contributed by atoms with Gasteiger partial charge in [0, 0.05) is 0 Å². The van der Waals surface area contributed by atoms with Crippen molar-refractivity contribution in [1.82, 2.24) is 0 Å². The van der Waals surface area contributed by atoms with Gasteiger partial charge in [0.1, 0.15) is 0 Å². The Morgan fingerprint density at radius 3 is 1.55 bits per heavy atom. The maximum atomic E-state index is 7.71. The third-order valence-corrected chi connectivity index (χ3v) is 1.06. The molecule has 0 aromatic heterocycles. The zero-order valence-corrected chi connectivity index (χ0v) is 6.06. The van der Waals surface area contributed by atoms with E-state index in [4.69, 9.17) is 10.5 Å². The van der Waals surface area contributed by atoms with Crippen molar-refractivity contribution < 1.29 is 30.4 Å². The molecule has 0 atom stereocenters. The van der Waals surface area contributed by atoms with Gasteiger partial charge in [0.25, 0.3) is 0 Å². The van der Waals surface area contributed by atoms with E-state index in [1.54, 1.807) is 0 Å². The predicted octanol–water partition coefficient (Wildman–Crippen LogP) is 0.999. The van der Waals surface area contributed by atoms with Crippen LogP contribution in [0.3, 0.4) is 0 Å². The third-order valence-electron chi connectivity index (χ3n) is 1.06. The normalized spacial score (nSPS) is 10.4. The van der Waals surface area contributed by atoms with E-state index in [9.17, 15) is 0 Å². The average molecular weight is 168 g/mol. The Labute approximate surface area is 64.0 Å². The van der Waals surface area contributed by atoms with Crippen LogP contribution in [0.2, 0.25) is 0 Å². The highest BCUT2D eigenvalue weighted by Crippen LogP contribution is 1.96. The highest BCUT2D eigenvalue weighted by atomic mass is 17.5. The van der Waals surface area contributed by atoms with Crippen LogP contribution >= 0.6 is 0 Å². The van der Waals surface area contributed by atoms with Gasteiger partial charge in [0.05, 0.1) is 13.2 Å². The number of rotatable bonds is 8. The first-order valence-corrected chi connectivity index (χ1v) is 3.28. The van der Waals surface area contributed by atoms with E-state index in [2.05, 4.69) is 19.9 Å². The lowest BCUT2D eigenvalue weighted by molar-refractivity contribution is -0.492. The Bertz CT molecular complexity index is 60.0. The van der Waals surface area contributed by atoms with Crippen molar-refractivity contribution in [2.45, 2.75) is 19.3 Å². The van der Waals surface area contributed by atoms with Gasteiger partial charge in [-0.15, -0.1) is 0 Å². The molecule has 2 N–H and O–H groups in total. The summed E-state index contributed by atoms with van der Waals surface area (Å²) in [6, 6.07) is 0. The fraction of sp³-hybridized carbons (Fsp3) is 1.00. The lowest BCUT2D eigenvalue weighted by atomic mass is 10.2. The van der Waals surface area contributed by atoms with Gasteiger partial charge < -0.3 is 0 Å². The summed E-state index contributed by atoms with van der Waals surface area (Å²) in [5.41, 5.74) is 0. The Hall–Kier alpha value is -0.240. The molecule has 0 rings (SSSR count). The predicted molar refractivity (Wildman–Crippen MR) is 33.2 cm³/mol. The SMILES string of the molecule is OOOCCCCCOOO. The van der Waals surface area contributed by atoms with E-state index in [-0.39, 0.29) is 0 Å². The molecule has 0 radical (unpaired) electrons. The Kier molecular flexibility index (Phi) is 9.55. The van der Waals surface area contributed by atoms with Crippen LogP contribution in [0, 0.1) is 0 Å². The molecule has 0 bridgehead atoms. The van der Waals surface area contributed by atoms with Gasteiger partial charge in [-0.25, -0.2) is 20.3 Å². The lowest BCUT2D eigenvalue weighted by Gasteiger charge is -1.98. The summed E-state index contributed by atoms with van der Waals surface area (Å²) < 4.78 is 0. The largest absolute Gasteiger partial charge is 0.221 e. The molecule has 68 valence electrons. The maximum absolute atomic E-state index is 7.71. The molecule has 0 fully saturated rings. The first kappa shape index (κ1) is 10.8. The van der Waals surface area contributed by atoms with Crippen molar-refractivity contribution in [3.8, 4) is 0 Å². The van der Waals surface area contributed by atoms with Gasteiger partial charge >= 0.3 is 0 Å². The number of unbranched alkanes of at least 4 members (excludes halogenated alkanes) is 2. The average Bonchev–Trinajstić information content (AvgIpc) is 2.03. The molecule has 0 aliphatic heterocycles. The van der Waals surface area contributed by atoms with Crippen molar-refractivity contribution in [3.63, 3.8) is 0 Å². The van der Waals surface area contributed by atoms with Gasteiger partial charge in [-0.2, -0.15) is 0 Å². The van der Waals surface area contributed by atoms with E-state index >= 15 is 0 Å². The van der Waals surface area contributed by atoms with E-state index in [1.165, 1.54) is 0 Å². The van der Waals surface area contributed by atoms with Crippen LogP contribution in [-0.4, -0.2) is 23.7 Å². The molecule has 0 aromatic carbocycles. The van der Waals surface area contributed by atoms with Gasteiger partial charge in [0.15, 0.2) is 0 Å². The molecular formula is C5H12O6. The van der Waals surface area contributed by atoms with E-state index in [0.29, 0.717) is 13.2 Å². The highest BCUT2D eigenvalue weighted by molar-refractivity contribution is 4.37. The Morgan fingerprint density at radius 2 is 1.18 bits per heavy atom. The summed E-state index contributed by atoms with van der Waals surface area (Å²) in [5, 5.41) is 22.2. The van der Waals surface area contributed by atoms with Gasteiger partial charge in [-0.05, 0) is 19.3 Å². The number of hydrogen-bond acceptors (Lipinski definition) is 6. The molecule has 0 aliphatic rings. The summed E-state index contributed by atoms with van der Waals surface area (Å²) in [6.45, 7) is 0.660. The van der Waals surface area contributed by atoms with Crippen LogP contribution < -0.4 is 0 Å². The fourth-order valence-electron chi connectivity index (χ4n) is 0.573.